The van der Waals surface area contributed by atoms with Crippen LogP contribution in [-0.2, 0) is 4.79 Å². The topological polar surface area (TPSA) is 61.4 Å². The van der Waals surface area contributed by atoms with E-state index >= 15 is 0 Å². The first kappa shape index (κ1) is 17.1. The molecule has 2 amide bonds. The number of amides is 2. The van der Waals surface area contributed by atoms with Gasteiger partial charge >= 0.3 is 0 Å². The average molecular weight is 295 g/mol. The second kappa shape index (κ2) is 9.07. The normalized spacial score (nSPS) is 10.5. The fraction of sp³-hybridized carbons (Fsp3) is 0.467. The van der Waals surface area contributed by atoms with Crippen molar-refractivity contribution in [3.8, 4) is 0 Å². The molecule has 0 fully saturated rings. The number of halogens is 1. The van der Waals surface area contributed by atoms with E-state index in [0.717, 1.165) is 25.7 Å². The summed E-state index contributed by atoms with van der Waals surface area (Å²) in [5, 5.41) is 5.19. The molecule has 21 heavy (non-hydrogen) atoms. The first-order valence-corrected chi connectivity index (χ1v) is 7.09. The molecule has 0 aliphatic heterocycles. The van der Waals surface area contributed by atoms with Gasteiger partial charge in [-0.3, -0.25) is 9.59 Å². The zero-order valence-electron chi connectivity index (χ0n) is 12.5. The molecule has 0 atom stereocenters. The van der Waals surface area contributed by atoms with Crippen molar-refractivity contribution >= 4 is 11.8 Å². The summed E-state index contributed by atoms with van der Waals surface area (Å²) in [4.78, 5) is 25.5. The van der Waals surface area contributed by atoms with Crippen LogP contribution < -0.4 is 10.6 Å². The van der Waals surface area contributed by atoms with Crippen molar-refractivity contribution in [2.24, 2.45) is 0 Å². The molecule has 1 aromatic rings. The number of carbonyl (C=O) groups is 2. The van der Waals surface area contributed by atoms with E-state index in [2.05, 4.69) is 29.4 Å². The third kappa shape index (κ3) is 6.35. The lowest BCUT2D eigenvalue weighted by molar-refractivity contribution is -0.120. The summed E-state index contributed by atoms with van der Waals surface area (Å²) in [6.45, 7) is 7.18. The van der Waals surface area contributed by atoms with Crippen LogP contribution in [0.4, 0.5) is 4.39 Å². The van der Waals surface area contributed by atoms with E-state index in [4.69, 9.17) is 0 Å². The van der Waals surface area contributed by atoms with Gasteiger partial charge in [-0.25, -0.2) is 4.39 Å². The number of rotatable bonds is 8. The summed E-state index contributed by atoms with van der Waals surface area (Å²) < 4.78 is 13.0. The van der Waals surface area contributed by atoms with Gasteiger partial charge in [0.25, 0.3) is 5.91 Å². The maximum atomic E-state index is 13.0. The van der Waals surface area contributed by atoms with Gasteiger partial charge in [-0.2, -0.15) is 0 Å². The lowest BCUT2D eigenvalue weighted by atomic mass is 10.2. The van der Waals surface area contributed by atoms with Gasteiger partial charge < -0.3 is 15.5 Å². The van der Waals surface area contributed by atoms with Gasteiger partial charge in [0.05, 0.1) is 6.54 Å². The predicted octanol–water partition coefficient (Wildman–Crippen LogP) is 1.01. The number of carbonyl (C=O) groups excluding carboxylic acids is 2. The molecule has 0 radical (unpaired) electrons. The molecule has 0 bridgehead atoms. The molecule has 1 rings (SSSR count). The summed E-state index contributed by atoms with van der Waals surface area (Å²) in [7, 11) is 0. The van der Waals surface area contributed by atoms with Crippen molar-refractivity contribution in [3.63, 3.8) is 0 Å². The van der Waals surface area contributed by atoms with Crippen LogP contribution in [0.1, 0.15) is 24.2 Å². The van der Waals surface area contributed by atoms with E-state index in [0.29, 0.717) is 6.54 Å². The Morgan fingerprint density at radius 2 is 1.90 bits per heavy atom. The molecule has 5 nitrogen and oxygen atoms in total. The highest BCUT2D eigenvalue weighted by molar-refractivity contribution is 5.96. The van der Waals surface area contributed by atoms with Crippen LogP contribution in [0.3, 0.4) is 0 Å². The number of hydrogen-bond donors (Lipinski definition) is 2. The lowest BCUT2D eigenvalue weighted by Gasteiger charge is -2.17. The van der Waals surface area contributed by atoms with Gasteiger partial charge in [0.15, 0.2) is 0 Å². The second-order valence-electron chi connectivity index (χ2n) is 4.57. The smallest absolute Gasteiger partial charge is 0.251 e. The van der Waals surface area contributed by atoms with E-state index in [1.54, 1.807) is 0 Å². The molecule has 0 saturated carbocycles. The Labute approximate surface area is 124 Å². The first-order chi connectivity index (χ1) is 10.1. The number of likely N-dealkylation sites (N-methyl/N-ethyl adjacent to an activating group) is 1. The lowest BCUT2D eigenvalue weighted by Crippen LogP contribution is -2.40. The SMILES string of the molecule is CCN(CC)CCNC(=O)CNC(=O)c1cccc(F)c1. The minimum absolute atomic E-state index is 0.117. The van der Waals surface area contributed by atoms with Crippen molar-refractivity contribution in [1.29, 1.82) is 0 Å². The molecular weight excluding hydrogens is 273 g/mol. The molecule has 0 aliphatic rings. The van der Waals surface area contributed by atoms with Gasteiger partial charge in [-0.15, -0.1) is 0 Å². The van der Waals surface area contributed by atoms with E-state index in [-0.39, 0.29) is 18.0 Å². The zero-order valence-corrected chi connectivity index (χ0v) is 12.5. The maximum absolute atomic E-state index is 13.0. The van der Waals surface area contributed by atoms with Crippen molar-refractivity contribution in [3.05, 3.63) is 35.6 Å². The quantitative estimate of drug-likeness (QED) is 0.752. The average Bonchev–Trinajstić information content (AvgIpc) is 2.49. The van der Waals surface area contributed by atoms with Gasteiger partial charge in [-0.1, -0.05) is 19.9 Å². The highest BCUT2D eigenvalue weighted by Gasteiger charge is 2.08. The largest absolute Gasteiger partial charge is 0.353 e. The fourth-order valence-electron chi connectivity index (χ4n) is 1.85. The molecule has 0 aromatic heterocycles. The Hall–Kier alpha value is -1.95. The van der Waals surface area contributed by atoms with E-state index < -0.39 is 11.7 Å². The molecule has 0 spiro atoms. The molecular formula is C15H22FN3O2. The Morgan fingerprint density at radius 3 is 2.52 bits per heavy atom. The first-order valence-electron chi connectivity index (χ1n) is 7.09. The van der Waals surface area contributed by atoms with Crippen LogP contribution in [0.5, 0.6) is 0 Å². The summed E-state index contributed by atoms with van der Waals surface area (Å²) in [5.41, 5.74) is 0.200. The van der Waals surface area contributed by atoms with Gasteiger partial charge in [0.1, 0.15) is 5.82 Å². The van der Waals surface area contributed by atoms with Crippen molar-refractivity contribution in [1.82, 2.24) is 15.5 Å². The Bertz CT molecular complexity index is 476. The van der Waals surface area contributed by atoms with Gasteiger partial charge in [0, 0.05) is 18.7 Å². The third-order valence-corrected chi connectivity index (χ3v) is 3.14. The summed E-state index contributed by atoms with van der Waals surface area (Å²) in [5.74, 6) is -1.20. The van der Waals surface area contributed by atoms with E-state index in [9.17, 15) is 14.0 Å². The number of hydrogen-bond acceptors (Lipinski definition) is 3. The van der Waals surface area contributed by atoms with E-state index in [1.807, 2.05) is 0 Å². The number of nitrogens with one attached hydrogen (secondary N) is 2. The molecule has 0 saturated heterocycles. The molecule has 0 unspecified atom stereocenters. The minimum atomic E-state index is -0.480. The second-order valence-corrected chi connectivity index (χ2v) is 4.57. The molecule has 2 N–H and O–H groups in total. The monoisotopic (exact) mass is 295 g/mol. The Morgan fingerprint density at radius 1 is 1.19 bits per heavy atom. The van der Waals surface area contributed by atoms with Crippen molar-refractivity contribution in [2.75, 3.05) is 32.7 Å². The fourth-order valence-corrected chi connectivity index (χ4v) is 1.85. The van der Waals surface area contributed by atoms with Gasteiger partial charge in [-0.05, 0) is 31.3 Å². The van der Waals surface area contributed by atoms with E-state index in [1.165, 1.54) is 18.2 Å². The minimum Gasteiger partial charge on any atom is -0.353 e. The van der Waals surface area contributed by atoms with Crippen molar-refractivity contribution < 1.29 is 14.0 Å². The van der Waals surface area contributed by atoms with Crippen LogP contribution in [0, 0.1) is 5.82 Å². The summed E-state index contributed by atoms with van der Waals surface area (Å²) >= 11 is 0. The predicted molar refractivity (Wildman–Crippen MR) is 79.5 cm³/mol. The standard InChI is InChI=1S/C15H22FN3O2/c1-3-19(4-2)9-8-17-14(20)11-18-15(21)12-6-5-7-13(16)10-12/h5-7,10H,3-4,8-9,11H2,1-2H3,(H,17,20)(H,18,21). The summed E-state index contributed by atoms with van der Waals surface area (Å²) in [6, 6.07) is 5.34. The molecule has 0 heterocycles. The maximum Gasteiger partial charge on any atom is 0.251 e. The highest BCUT2D eigenvalue weighted by Crippen LogP contribution is 2.02. The molecule has 116 valence electrons. The zero-order chi connectivity index (χ0) is 15.7. The van der Waals surface area contributed by atoms with Crippen LogP contribution in [0.25, 0.3) is 0 Å². The summed E-state index contributed by atoms with van der Waals surface area (Å²) in [6.07, 6.45) is 0. The Balaban J connectivity index is 2.28. The number of benzene rings is 1. The molecule has 6 heteroatoms. The third-order valence-electron chi connectivity index (χ3n) is 3.14. The highest BCUT2D eigenvalue weighted by atomic mass is 19.1. The molecule has 1 aromatic carbocycles. The van der Waals surface area contributed by atoms with Crippen LogP contribution in [-0.4, -0.2) is 49.4 Å². The van der Waals surface area contributed by atoms with Crippen LogP contribution >= 0.6 is 0 Å². The number of nitrogens with zero attached hydrogens (tertiary/aromatic N) is 1. The van der Waals surface area contributed by atoms with Gasteiger partial charge in [0.2, 0.25) is 5.91 Å². The van der Waals surface area contributed by atoms with Crippen molar-refractivity contribution in [2.45, 2.75) is 13.8 Å². The Kier molecular flexibility index (Phi) is 7.39. The van der Waals surface area contributed by atoms with Crippen LogP contribution in [0.15, 0.2) is 24.3 Å². The molecule has 0 aliphatic carbocycles. The van der Waals surface area contributed by atoms with Crippen LogP contribution in [0.2, 0.25) is 0 Å².